The lowest BCUT2D eigenvalue weighted by Gasteiger charge is -2.12. The molecule has 0 radical (unpaired) electrons. The van der Waals surface area contributed by atoms with Crippen molar-refractivity contribution < 1.29 is 9.53 Å². The van der Waals surface area contributed by atoms with Crippen molar-refractivity contribution in [3.8, 4) is 18.0 Å². The first-order valence-corrected chi connectivity index (χ1v) is 7.40. The number of fused-ring (bicyclic) bond motifs is 1. The zero-order valence-corrected chi connectivity index (χ0v) is 13.0. The lowest BCUT2D eigenvalue weighted by atomic mass is 10.1. The fourth-order valence-electron chi connectivity index (χ4n) is 2.46. The molecule has 5 nitrogen and oxygen atoms in total. The summed E-state index contributed by atoms with van der Waals surface area (Å²) in [7, 11) is 0. The SMILES string of the molecule is C#Cc1cccc(-n2cc(C(=O)OCC)c(=O)c3cccnc32)c1. The van der Waals surface area contributed by atoms with Crippen LogP contribution in [0.25, 0.3) is 16.7 Å². The van der Waals surface area contributed by atoms with Crippen LogP contribution in [0.3, 0.4) is 0 Å². The van der Waals surface area contributed by atoms with Crippen molar-refractivity contribution in [2.45, 2.75) is 6.92 Å². The number of pyridine rings is 2. The summed E-state index contributed by atoms with van der Waals surface area (Å²) in [4.78, 5) is 29.0. The van der Waals surface area contributed by atoms with Gasteiger partial charge in [0.05, 0.1) is 12.0 Å². The molecular formula is C19H14N2O3. The van der Waals surface area contributed by atoms with Gasteiger partial charge in [-0.25, -0.2) is 9.78 Å². The van der Waals surface area contributed by atoms with Gasteiger partial charge in [0.15, 0.2) is 0 Å². The van der Waals surface area contributed by atoms with Gasteiger partial charge < -0.3 is 9.30 Å². The summed E-state index contributed by atoms with van der Waals surface area (Å²) in [6.07, 6.45) is 8.49. The Kier molecular flexibility index (Phi) is 4.13. The number of carbonyl (C=O) groups is 1. The summed E-state index contributed by atoms with van der Waals surface area (Å²) in [6, 6.07) is 10.5. The molecule has 2 heterocycles. The molecule has 0 amide bonds. The molecule has 0 fully saturated rings. The fourth-order valence-corrected chi connectivity index (χ4v) is 2.46. The minimum Gasteiger partial charge on any atom is -0.462 e. The van der Waals surface area contributed by atoms with E-state index in [4.69, 9.17) is 11.2 Å². The summed E-state index contributed by atoms with van der Waals surface area (Å²) in [5.74, 6) is 1.91. The molecule has 0 unspecified atom stereocenters. The predicted octanol–water partition coefficient (Wildman–Crippen LogP) is 2.54. The lowest BCUT2D eigenvalue weighted by Crippen LogP contribution is -2.21. The van der Waals surface area contributed by atoms with Gasteiger partial charge in [0.2, 0.25) is 5.43 Å². The smallest absolute Gasteiger partial charge is 0.343 e. The number of carbonyl (C=O) groups excluding carboxylic acids is 1. The minimum atomic E-state index is -0.657. The number of terminal acetylenes is 1. The van der Waals surface area contributed by atoms with Crippen LogP contribution in [0.4, 0.5) is 0 Å². The van der Waals surface area contributed by atoms with Gasteiger partial charge in [-0.1, -0.05) is 12.0 Å². The zero-order chi connectivity index (χ0) is 17.1. The lowest BCUT2D eigenvalue weighted by molar-refractivity contribution is 0.0524. The molecule has 0 saturated heterocycles. The Balaban J connectivity index is 2.34. The topological polar surface area (TPSA) is 61.2 Å². The molecule has 24 heavy (non-hydrogen) atoms. The van der Waals surface area contributed by atoms with Crippen LogP contribution >= 0.6 is 0 Å². The molecule has 3 rings (SSSR count). The highest BCUT2D eigenvalue weighted by Gasteiger charge is 2.17. The molecule has 0 spiro atoms. The van der Waals surface area contributed by atoms with E-state index in [0.29, 0.717) is 22.3 Å². The zero-order valence-electron chi connectivity index (χ0n) is 13.0. The molecule has 5 heteroatoms. The third-order valence-electron chi connectivity index (χ3n) is 3.55. The summed E-state index contributed by atoms with van der Waals surface area (Å²) in [6.45, 7) is 1.88. The molecule has 2 aromatic heterocycles. The van der Waals surface area contributed by atoms with E-state index >= 15 is 0 Å². The quantitative estimate of drug-likeness (QED) is 0.550. The van der Waals surface area contributed by atoms with Crippen molar-refractivity contribution in [2.75, 3.05) is 6.61 Å². The van der Waals surface area contributed by atoms with Crippen LogP contribution < -0.4 is 5.43 Å². The normalized spacial score (nSPS) is 10.3. The van der Waals surface area contributed by atoms with Crippen molar-refractivity contribution >= 4 is 17.0 Å². The highest BCUT2D eigenvalue weighted by molar-refractivity contribution is 5.93. The van der Waals surface area contributed by atoms with E-state index in [-0.39, 0.29) is 12.2 Å². The summed E-state index contributed by atoms with van der Waals surface area (Å²) in [5.41, 5.74) is 1.40. The Bertz CT molecular complexity index is 1030. The molecule has 0 aliphatic rings. The monoisotopic (exact) mass is 318 g/mol. The van der Waals surface area contributed by atoms with Crippen LogP contribution in [0.1, 0.15) is 22.8 Å². The largest absolute Gasteiger partial charge is 0.462 e. The van der Waals surface area contributed by atoms with Gasteiger partial charge in [-0.15, -0.1) is 6.42 Å². The van der Waals surface area contributed by atoms with Crippen LogP contribution in [0.15, 0.2) is 53.6 Å². The molecule has 0 atom stereocenters. The minimum absolute atomic E-state index is 0.0385. The average molecular weight is 318 g/mol. The first-order valence-electron chi connectivity index (χ1n) is 7.40. The van der Waals surface area contributed by atoms with E-state index in [9.17, 15) is 9.59 Å². The summed E-state index contributed by atoms with van der Waals surface area (Å²) in [5, 5.41) is 0.342. The van der Waals surface area contributed by atoms with Crippen molar-refractivity contribution in [1.29, 1.82) is 0 Å². The van der Waals surface area contributed by atoms with Crippen molar-refractivity contribution in [3.05, 3.63) is 70.1 Å². The second-order valence-electron chi connectivity index (χ2n) is 5.03. The molecule has 0 N–H and O–H groups in total. The first-order chi connectivity index (χ1) is 11.7. The van der Waals surface area contributed by atoms with Crippen molar-refractivity contribution in [3.63, 3.8) is 0 Å². The molecule has 0 aliphatic carbocycles. The highest BCUT2D eigenvalue weighted by Crippen LogP contribution is 2.17. The average Bonchev–Trinajstić information content (AvgIpc) is 2.62. The maximum Gasteiger partial charge on any atom is 0.343 e. The predicted molar refractivity (Wildman–Crippen MR) is 91.2 cm³/mol. The van der Waals surface area contributed by atoms with Gasteiger partial charge in [-0.05, 0) is 37.3 Å². The second kappa shape index (κ2) is 6.39. The molecular weight excluding hydrogens is 304 g/mol. The number of rotatable bonds is 3. The van der Waals surface area contributed by atoms with Gasteiger partial charge >= 0.3 is 5.97 Å². The van der Waals surface area contributed by atoms with Gasteiger partial charge in [-0.3, -0.25) is 4.79 Å². The fraction of sp³-hybridized carbons (Fsp3) is 0.105. The number of hydrogen-bond donors (Lipinski definition) is 0. The van der Waals surface area contributed by atoms with Crippen LogP contribution in [0.5, 0.6) is 0 Å². The Hall–Kier alpha value is -3.39. The summed E-state index contributed by atoms with van der Waals surface area (Å²) < 4.78 is 6.66. The number of aromatic nitrogens is 2. The van der Waals surface area contributed by atoms with E-state index in [1.54, 1.807) is 48.0 Å². The van der Waals surface area contributed by atoms with E-state index in [2.05, 4.69) is 10.9 Å². The van der Waals surface area contributed by atoms with Gasteiger partial charge in [0, 0.05) is 23.6 Å². The van der Waals surface area contributed by atoms with Gasteiger partial charge in [0.1, 0.15) is 11.2 Å². The highest BCUT2D eigenvalue weighted by atomic mass is 16.5. The van der Waals surface area contributed by atoms with E-state index in [1.807, 2.05) is 6.07 Å². The Morgan fingerprint density at radius 1 is 1.33 bits per heavy atom. The van der Waals surface area contributed by atoms with Gasteiger partial charge in [-0.2, -0.15) is 0 Å². The number of benzene rings is 1. The third kappa shape index (κ3) is 2.66. The molecule has 0 bridgehead atoms. The second-order valence-corrected chi connectivity index (χ2v) is 5.03. The van der Waals surface area contributed by atoms with E-state index < -0.39 is 11.4 Å². The van der Waals surface area contributed by atoms with Crippen LogP contribution in [0, 0.1) is 12.3 Å². The van der Waals surface area contributed by atoms with E-state index in [1.165, 1.54) is 6.20 Å². The molecule has 0 saturated carbocycles. The Labute approximate surface area is 138 Å². The number of hydrogen-bond acceptors (Lipinski definition) is 4. The standard InChI is InChI=1S/C19H14N2O3/c1-3-13-7-5-8-14(11-13)21-12-16(19(23)24-4-2)17(22)15-9-6-10-20-18(15)21/h1,5-12H,4H2,2H3. The van der Waals surface area contributed by atoms with E-state index in [0.717, 1.165) is 0 Å². The van der Waals surface area contributed by atoms with Crippen molar-refractivity contribution in [2.24, 2.45) is 0 Å². The molecule has 1 aromatic carbocycles. The maximum absolute atomic E-state index is 12.6. The molecule has 3 aromatic rings. The first kappa shape index (κ1) is 15.5. The van der Waals surface area contributed by atoms with Crippen LogP contribution in [0.2, 0.25) is 0 Å². The Morgan fingerprint density at radius 3 is 2.92 bits per heavy atom. The molecule has 0 aliphatic heterocycles. The summed E-state index contributed by atoms with van der Waals surface area (Å²) >= 11 is 0. The maximum atomic E-state index is 12.6. The molecule has 118 valence electrons. The number of esters is 1. The van der Waals surface area contributed by atoms with Crippen molar-refractivity contribution in [1.82, 2.24) is 9.55 Å². The number of nitrogens with zero attached hydrogens (tertiary/aromatic N) is 2. The van der Waals surface area contributed by atoms with Crippen LogP contribution in [-0.4, -0.2) is 22.1 Å². The number of ether oxygens (including phenoxy) is 1. The Morgan fingerprint density at radius 2 is 2.17 bits per heavy atom. The third-order valence-corrected chi connectivity index (χ3v) is 3.55. The van der Waals surface area contributed by atoms with Gasteiger partial charge in [0.25, 0.3) is 0 Å². The van der Waals surface area contributed by atoms with Crippen LogP contribution in [-0.2, 0) is 4.74 Å².